The Morgan fingerprint density at radius 1 is 0.816 bits per heavy atom. The number of aryl methyl sites for hydroxylation is 4. The van der Waals surface area contributed by atoms with Gasteiger partial charge in [-0.1, -0.05) is 59.7 Å². The standard InChI is InChI=1S/C31H31N5O2/c1-18-10-13-23(14-11-18)34-30(37)25-17-32-36-28(24-9-7-6-8-20(24)3)27(22(5)33-29(25)36)31(38)35-26-15-12-19(2)16-21(26)4/h6-17,28,33H,1-5H3,(H,34,37)(H,35,38). The maximum Gasteiger partial charge on any atom is 0.261 e. The molecule has 0 spiro atoms. The van der Waals surface area contributed by atoms with Crippen molar-refractivity contribution in [3.63, 3.8) is 0 Å². The highest BCUT2D eigenvalue weighted by molar-refractivity contribution is 6.09. The number of rotatable bonds is 5. The van der Waals surface area contributed by atoms with Crippen LogP contribution in [-0.2, 0) is 4.79 Å². The van der Waals surface area contributed by atoms with E-state index < -0.39 is 6.04 Å². The molecule has 0 saturated heterocycles. The summed E-state index contributed by atoms with van der Waals surface area (Å²) in [5, 5.41) is 14.0. The molecule has 1 aliphatic rings. The van der Waals surface area contributed by atoms with Gasteiger partial charge in [-0.3, -0.25) is 9.59 Å². The number of nitrogens with zero attached hydrogens (tertiary/aromatic N) is 2. The van der Waals surface area contributed by atoms with Crippen molar-refractivity contribution in [3.8, 4) is 0 Å². The monoisotopic (exact) mass is 505 g/mol. The number of carbonyl (C=O) groups is 2. The second kappa shape index (κ2) is 10.0. The predicted molar refractivity (Wildman–Crippen MR) is 152 cm³/mol. The normalized spacial score (nSPS) is 14.5. The van der Waals surface area contributed by atoms with E-state index in [0.29, 0.717) is 28.3 Å². The summed E-state index contributed by atoms with van der Waals surface area (Å²) in [6, 6.07) is 21.0. The fourth-order valence-corrected chi connectivity index (χ4v) is 4.88. The summed E-state index contributed by atoms with van der Waals surface area (Å²) in [6.45, 7) is 9.88. The maximum absolute atomic E-state index is 13.8. The van der Waals surface area contributed by atoms with Gasteiger partial charge in [-0.25, -0.2) is 4.68 Å². The molecule has 1 unspecified atom stereocenters. The van der Waals surface area contributed by atoms with Gasteiger partial charge in [0.05, 0.1) is 11.8 Å². The van der Waals surface area contributed by atoms with Crippen LogP contribution in [0.3, 0.4) is 0 Å². The molecule has 2 heterocycles. The van der Waals surface area contributed by atoms with E-state index in [-0.39, 0.29) is 11.8 Å². The van der Waals surface area contributed by atoms with Gasteiger partial charge in [0, 0.05) is 17.1 Å². The molecular weight excluding hydrogens is 474 g/mol. The molecule has 3 aromatic carbocycles. The van der Waals surface area contributed by atoms with Crippen LogP contribution in [0.2, 0.25) is 0 Å². The molecule has 0 bridgehead atoms. The molecule has 192 valence electrons. The van der Waals surface area contributed by atoms with Gasteiger partial charge in [0.25, 0.3) is 11.8 Å². The van der Waals surface area contributed by atoms with E-state index in [1.54, 1.807) is 10.9 Å². The third-order valence-electron chi connectivity index (χ3n) is 6.94. The van der Waals surface area contributed by atoms with Gasteiger partial charge in [-0.05, 0) is 69.5 Å². The first kappa shape index (κ1) is 25.0. The van der Waals surface area contributed by atoms with Crippen molar-refractivity contribution in [2.75, 3.05) is 16.0 Å². The van der Waals surface area contributed by atoms with Gasteiger partial charge in [0.15, 0.2) is 0 Å². The molecule has 0 fully saturated rings. The van der Waals surface area contributed by atoms with Crippen molar-refractivity contribution in [2.24, 2.45) is 0 Å². The quantitative estimate of drug-likeness (QED) is 0.297. The molecule has 0 aliphatic carbocycles. The third kappa shape index (κ3) is 4.70. The van der Waals surface area contributed by atoms with Crippen LogP contribution in [0.25, 0.3) is 0 Å². The van der Waals surface area contributed by atoms with Gasteiger partial charge < -0.3 is 16.0 Å². The van der Waals surface area contributed by atoms with E-state index in [9.17, 15) is 9.59 Å². The van der Waals surface area contributed by atoms with Gasteiger partial charge >= 0.3 is 0 Å². The van der Waals surface area contributed by atoms with Crippen LogP contribution in [-0.4, -0.2) is 21.6 Å². The number of benzene rings is 3. The second-order valence-electron chi connectivity index (χ2n) is 9.87. The highest BCUT2D eigenvalue weighted by atomic mass is 16.2. The Hall–Kier alpha value is -4.65. The van der Waals surface area contributed by atoms with Gasteiger partial charge in [0.2, 0.25) is 0 Å². The number of carbonyl (C=O) groups excluding carboxylic acids is 2. The van der Waals surface area contributed by atoms with E-state index in [1.165, 1.54) is 0 Å². The zero-order valence-corrected chi connectivity index (χ0v) is 22.2. The van der Waals surface area contributed by atoms with E-state index in [2.05, 4.69) is 21.0 Å². The van der Waals surface area contributed by atoms with E-state index >= 15 is 0 Å². The molecule has 7 nitrogen and oxygen atoms in total. The number of hydrogen-bond donors (Lipinski definition) is 3. The van der Waals surface area contributed by atoms with Crippen LogP contribution in [0.5, 0.6) is 0 Å². The van der Waals surface area contributed by atoms with Crippen LogP contribution in [0.4, 0.5) is 17.2 Å². The Balaban J connectivity index is 1.55. The number of allylic oxidation sites excluding steroid dienone is 1. The van der Waals surface area contributed by atoms with Crippen molar-refractivity contribution >= 4 is 29.0 Å². The lowest BCUT2D eigenvalue weighted by molar-refractivity contribution is -0.113. The number of hydrogen-bond acceptors (Lipinski definition) is 4. The molecule has 0 radical (unpaired) electrons. The Bertz CT molecular complexity index is 1580. The average molecular weight is 506 g/mol. The molecule has 4 aromatic rings. The molecule has 1 aliphatic heterocycles. The molecule has 2 amide bonds. The largest absolute Gasteiger partial charge is 0.343 e. The van der Waals surface area contributed by atoms with Crippen molar-refractivity contribution in [1.82, 2.24) is 9.78 Å². The van der Waals surface area contributed by atoms with Crippen LogP contribution in [0.1, 0.15) is 51.1 Å². The smallest absolute Gasteiger partial charge is 0.261 e. The van der Waals surface area contributed by atoms with Gasteiger partial charge in [0.1, 0.15) is 17.4 Å². The number of fused-ring (bicyclic) bond motifs is 1. The Morgan fingerprint density at radius 3 is 2.24 bits per heavy atom. The summed E-state index contributed by atoms with van der Waals surface area (Å²) in [4.78, 5) is 27.1. The van der Waals surface area contributed by atoms with Crippen molar-refractivity contribution in [1.29, 1.82) is 0 Å². The molecule has 1 aromatic heterocycles. The van der Waals surface area contributed by atoms with Gasteiger partial charge in [-0.15, -0.1) is 0 Å². The summed E-state index contributed by atoms with van der Waals surface area (Å²) in [5.74, 6) is 0.0487. The first-order valence-corrected chi connectivity index (χ1v) is 12.6. The number of nitrogens with one attached hydrogen (secondary N) is 3. The topological polar surface area (TPSA) is 88.0 Å². The predicted octanol–water partition coefficient (Wildman–Crippen LogP) is 6.30. The minimum Gasteiger partial charge on any atom is -0.343 e. The fraction of sp³-hybridized carbons (Fsp3) is 0.194. The molecule has 7 heteroatoms. The average Bonchev–Trinajstić information content (AvgIpc) is 3.30. The first-order valence-electron chi connectivity index (χ1n) is 12.6. The van der Waals surface area contributed by atoms with Crippen LogP contribution >= 0.6 is 0 Å². The Morgan fingerprint density at radius 2 is 1.53 bits per heavy atom. The summed E-state index contributed by atoms with van der Waals surface area (Å²) < 4.78 is 1.73. The highest BCUT2D eigenvalue weighted by Gasteiger charge is 2.36. The fourth-order valence-electron chi connectivity index (χ4n) is 4.88. The zero-order chi connectivity index (χ0) is 27.0. The van der Waals surface area contributed by atoms with Gasteiger partial charge in [-0.2, -0.15) is 5.10 Å². The molecule has 38 heavy (non-hydrogen) atoms. The second-order valence-corrected chi connectivity index (χ2v) is 9.87. The van der Waals surface area contributed by atoms with E-state index in [4.69, 9.17) is 0 Å². The third-order valence-corrected chi connectivity index (χ3v) is 6.94. The molecular formula is C31H31N5O2. The summed E-state index contributed by atoms with van der Waals surface area (Å²) in [7, 11) is 0. The Labute approximate surface area is 222 Å². The first-order chi connectivity index (χ1) is 18.2. The number of amides is 2. The summed E-state index contributed by atoms with van der Waals surface area (Å²) in [6.07, 6.45) is 1.55. The summed E-state index contributed by atoms with van der Waals surface area (Å²) in [5.41, 5.74) is 8.26. The maximum atomic E-state index is 13.8. The van der Waals surface area contributed by atoms with E-state index in [1.807, 2.05) is 101 Å². The molecule has 0 saturated carbocycles. The van der Waals surface area contributed by atoms with E-state index in [0.717, 1.165) is 33.5 Å². The molecule has 1 atom stereocenters. The van der Waals surface area contributed by atoms with Crippen molar-refractivity contribution < 1.29 is 9.59 Å². The zero-order valence-electron chi connectivity index (χ0n) is 22.2. The highest BCUT2D eigenvalue weighted by Crippen LogP contribution is 2.39. The van der Waals surface area contributed by atoms with Crippen LogP contribution in [0, 0.1) is 27.7 Å². The minimum absolute atomic E-state index is 0.220. The lowest BCUT2D eigenvalue weighted by Gasteiger charge is -2.31. The lowest BCUT2D eigenvalue weighted by Crippen LogP contribution is -2.32. The SMILES string of the molecule is CC1=C(C(=O)Nc2ccc(C)cc2C)C(c2ccccc2C)n2ncc(C(=O)Nc3ccc(C)cc3)c2N1. The van der Waals surface area contributed by atoms with Crippen molar-refractivity contribution in [2.45, 2.75) is 40.7 Å². The number of aromatic nitrogens is 2. The summed E-state index contributed by atoms with van der Waals surface area (Å²) >= 11 is 0. The number of anilines is 3. The van der Waals surface area contributed by atoms with Crippen LogP contribution in [0.15, 0.2) is 84.2 Å². The Kier molecular flexibility index (Phi) is 6.59. The minimum atomic E-state index is -0.515. The molecule has 3 N–H and O–H groups in total. The van der Waals surface area contributed by atoms with Crippen molar-refractivity contribution in [3.05, 3.63) is 118 Å². The molecule has 5 rings (SSSR count). The lowest BCUT2D eigenvalue weighted by atomic mass is 9.91. The van der Waals surface area contributed by atoms with Crippen LogP contribution < -0.4 is 16.0 Å².